The van der Waals surface area contributed by atoms with Gasteiger partial charge in [0, 0.05) is 10.0 Å². The van der Waals surface area contributed by atoms with Crippen LogP contribution < -0.4 is 0 Å². The number of carbonyl (C=O) groups is 1. The Labute approximate surface area is 96.5 Å². The first-order valence-corrected chi connectivity index (χ1v) is 5.27. The van der Waals surface area contributed by atoms with Crippen LogP contribution in [-0.2, 0) is 6.42 Å². The van der Waals surface area contributed by atoms with Crippen molar-refractivity contribution in [3.05, 3.63) is 27.2 Å². The molecule has 0 heterocycles. The number of rotatable bonds is 2. The number of nitriles is 1. The Kier molecular flexibility index (Phi) is 3.48. The zero-order valence-corrected chi connectivity index (χ0v) is 10.1. The number of carbonyl (C=O) groups excluding carboxylic acids is 1. The highest BCUT2D eigenvalue weighted by Crippen LogP contribution is 2.33. The molecule has 78 valence electrons. The van der Waals surface area contributed by atoms with Crippen molar-refractivity contribution in [3.8, 4) is 11.8 Å². The van der Waals surface area contributed by atoms with E-state index in [9.17, 15) is 9.90 Å². The van der Waals surface area contributed by atoms with Crippen LogP contribution in [0.1, 0.15) is 35.3 Å². The molecule has 0 fully saturated rings. The van der Waals surface area contributed by atoms with Gasteiger partial charge in [-0.25, -0.2) is 0 Å². The van der Waals surface area contributed by atoms with Crippen molar-refractivity contribution in [2.45, 2.75) is 20.3 Å². The van der Waals surface area contributed by atoms with Gasteiger partial charge < -0.3 is 5.11 Å². The van der Waals surface area contributed by atoms with Gasteiger partial charge in [0.25, 0.3) is 0 Å². The third kappa shape index (κ3) is 2.02. The van der Waals surface area contributed by atoms with E-state index >= 15 is 0 Å². The number of hydrogen-bond donors (Lipinski definition) is 1. The van der Waals surface area contributed by atoms with Gasteiger partial charge in [0.2, 0.25) is 0 Å². The average molecular weight is 268 g/mol. The minimum Gasteiger partial charge on any atom is -0.507 e. The molecule has 0 aliphatic rings. The summed E-state index contributed by atoms with van der Waals surface area (Å²) < 4.78 is 0.565. The van der Waals surface area contributed by atoms with Crippen LogP contribution in [0, 0.1) is 11.3 Å². The maximum atomic E-state index is 11.2. The first kappa shape index (κ1) is 11.7. The molecule has 1 rings (SSSR count). The number of Topliss-reactive ketones (excluding diaryl/α,β-unsaturated/α-hetero) is 1. The van der Waals surface area contributed by atoms with Gasteiger partial charge >= 0.3 is 0 Å². The Morgan fingerprint density at radius 1 is 1.67 bits per heavy atom. The summed E-state index contributed by atoms with van der Waals surface area (Å²) in [6.07, 6.45) is 0.558. The lowest BCUT2D eigenvalue weighted by Crippen LogP contribution is -1.99. The lowest BCUT2D eigenvalue weighted by molar-refractivity contribution is 0.101. The molecule has 0 radical (unpaired) electrons. The number of nitrogens with zero attached hydrogens (tertiary/aromatic N) is 1. The van der Waals surface area contributed by atoms with Gasteiger partial charge in [-0.1, -0.05) is 6.92 Å². The topological polar surface area (TPSA) is 61.1 Å². The second-order valence-electron chi connectivity index (χ2n) is 3.13. The molecule has 1 N–H and O–H groups in total. The second-order valence-corrected chi connectivity index (χ2v) is 3.93. The van der Waals surface area contributed by atoms with Crippen LogP contribution in [0.4, 0.5) is 0 Å². The molecule has 15 heavy (non-hydrogen) atoms. The zero-order valence-electron chi connectivity index (χ0n) is 8.47. The largest absolute Gasteiger partial charge is 0.507 e. The summed E-state index contributed by atoms with van der Waals surface area (Å²) in [6.45, 7) is 3.22. The number of phenols is 1. The maximum Gasteiger partial charge on any atom is 0.163 e. The van der Waals surface area contributed by atoms with Gasteiger partial charge in [-0.15, -0.1) is 0 Å². The molecule has 0 aliphatic heterocycles. The lowest BCUT2D eigenvalue weighted by atomic mass is 10.0. The van der Waals surface area contributed by atoms with E-state index < -0.39 is 0 Å². The van der Waals surface area contributed by atoms with Crippen LogP contribution in [0.25, 0.3) is 0 Å². The van der Waals surface area contributed by atoms with Crippen LogP contribution in [-0.4, -0.2) is 10.9 Å². The lowest BCUT2D eigenvalue weighted by Gasteiger charge is -2.10. The number of ketones is 1. The number of hydrogen-bond acceptors (Lipinski definition) is 3. The Morgan fingerprint density at radius 3 is 2.67 bits per heavy atom. The first-order valence-electron chi connectivity index (χ1n) is 4.48. The van der Waals surface area contributed by atoms with E-state index in [1.165, 1.54) is 13.0 Å². The summed E-state index contributed by atoms with van der Waals surface area (Å²) in [5.41, 5.74) is 1.17. The molecule has 0 aliphatic carbocycles. The normalized spacial score (nSPS) is 9.73. The fourth-order valence-electron chi connectivity index (χ4n) is 1.38. The molecule has 0 saturated carbocycles. The van der Waals surface area contributed by atoms with Gasteiger partial charge in [0.05, 0.1) is 11.1 Å². The third-order valence-electron chi connectivity index (χ3n) is 2.18. The predicted octanol–water partition coefficient (Wildman–Crippen LogP) is 2.79. The van der Waals surface area contributed by atoms with E-state index in [0.29, 0.717) is 22.0 Å². The zero-order chi connectivity index (χ0) is 11.6. The molecule has 0 aromatic heterocycles. The van der Waals surface area contributed by atoms with Crippen LogP contribution in [0.2, 0.25) is 0 Å². The van der Waals surface area contributed by atoms with Crippen molar-refractivity contribution in [2.24, 2.45) is 0 Å². The van der Waals surface area contributed by atoms with E-state index in [-0.39, 0.29) is 17.1 Å². The first-order chi connectivity index (χ1) is 7.02. The van der Waals surface area contributed by atoms with Crippen LogP contribution in [0.3, 0.4) is 0 Å². The second kappa shape index (κ2) is 4.45. The number of phenolic OH excluding ortho intramolecular Hbond substituents is 1. The van der Waals surface area contributed by atoms with Gasteiger partial charge in [0.1, 0.15) is 11.8 Å². The number of halogens is 1. The SMILES string of the molecule is CCc1c(O)c(C(C)=O)cc(C#N)c1Br. The Bertz CT molecular complexity index is 461. The Morgan fingerprint density at radius 2 is 2.27 bits per heavy atom. The van der Waals surface area contributed by atoms with Gasteiger partial charge in [-0.05, 0) is 35.3 Å². The highest BCUT2D eigenvalue weighted by molar-refractivity contribution is 9.10. The van der Waals surface area contributed by atoms with Crippen molar-refractivity contribution in [3.63, 3.8) is 0 Å². The molecule has 0 saturated heterocycles. The third-order valence-corrected chi connectivity index (χ3v) is 3.09. The van der Waals surface area contributed by atoms with Crippen LogP contribution in [0.15, 0.2) is 10.5 Å². The minimum atomic E-state index is -0.244. The maximum absolute atomic E-state index is 11.2. The van der Waals surface area contributed by atoms with Gasteiger partial charge in [-0.2, -0.15) is 5.26 Å². The van der Waals surface area contributed by atoms with Crippen LogP contribution in [0.5, 0.6) is 5.75 Å². The quantitative estimate of drug-likeness (QED) is 0.839. The van der Waals surface area contributed by atoms with Gasteiger partial charge in [0.15, 0.2) is 5.78 Å². The summed E-state index contributed by atoms with van der Waals surface area (Å²) in [4.78, 5) is 11.2. The highest BCUT2D eigenvalue weighted by Gasteiger charge is 2.16. The molecule has 0 atom stereocenters. The summed E-state index contributed by atoms with van der Waals surface area (Å²) in [6, 6.07) is 3.39. The summed E-state index contributed by atoms with van der Waals surface area (Å²) in [7, 11) is 0. The molecule has 0 amide bonds. The van der Waals surface area contributed by atoms with Crippen molar-refractivity contribution < 1.29 is 9.90 Å². The molecular weight excluding hydrogens is 258 g/mol. The highest BCUT2D eigenvalue weighted by atomic mass is 79.9. The van der Waals surface area contributed by atoms with Crippen molar-refractivity contribution >= 4 is 21.7 Å². The van der Waals surface area contributed by atoms with Crippen LogP contribution >= 0.6 is 15.9 Å². The Hall–Kier alpha value is -1.34. The monoisotopic (exact) mass is 267 g/mol. The minimum absolute atomic E-state index is 0.0316. The molecule has 0 spiro atoms. The number of benzene rings is 1. The van der Waals surface area contributed by atoms with E-state index in [0.717, 1.165) is 0 Å². The fraction of sp³-hybridized carbons (Fsp3) is 0.273. The Balaban J connectivity index is 3.60. The summed E-state index contributed by atoms with van der Waals surface area (Å²) in [5, 5.41) is 18.7. The molecule has 3 nitrogen and oxygen atoms in total. The summed E-state index contributed by atoms with van der Waals surface area (Å²) in [5.74, 6) is -0.276. The van der Waals surface area contributed by atoms with E-state index in [2.05, 4.69) is 15.9 Å². The molecule has 4 heteroatoms. The molecule has 0 unspecified atom stereocenters. The summed E-state index contributed by atoms with van der Waals surface area (Å²) >= 11 is 3.24. The predicted molar refractivity (Wildman–Crippen MR) is 59.9 cm³/mol. The number of aromatic hydroxyl groups is 1. The van der Waals surface area contributed by atoms with Crippen molar-refractivity contribution in [2.75, 3.05) is 0 Å². The molecule has 1 aromatic carbocycles. The van der Waals surface area contributed by atoms with E-state index in [4.69, 9.17) is 5.26 Å². The average Bonchev–Trinajstić information content (AvgIpc) is 2.18. The van der Waals surface area contributed by atoms with Crippen molar-refractivity contribution in [1.29, 1.82) is 5.26 Å². The fourth-order valence-corrected chi connectivity index (χ4v) is 2.05. The van der Waals surface area contributed by atoms with E-state index in [1.54, 1.807) is 0 Å². The van der Waals surface area contributed by atoms with Crippen molar-refractivity contribution in [1.82, 2.24) is 0 Å². The molecular formula is C11H10BrNO2. The smallest absolute Gasteiger partial charge is 0.163 e. The molecule has 0 bridgehead atoms. The molecule has 1 aromatic rings. The van der Waals surface area contributed by atoms with E-state index in [1.807, 2.05) is 13.0 Å². The van der Waals surface area contributed by atoms with Gasteiger partial charge in [-0.3, -0.25) is 4.79 Å². The standard InChI is InChI=1S/C11H10BrNO2/c1-3-8-10(12)7(5-13)4-9(6(2)14)11(8)15/h4,15H,3H2,1-2H3.